The highest BCUT2D eigenvalue weighted by Gasteiger charge is 1.97. The third kappa shape index (κ3) is 4.27. The number of hydrogen-bond acceptors (Lipinski definition) is 4. The van der Waals surface area contributed by atoms with Gasteiger partial charge in [0.1, 0.15) is 0 Å². The molecule has 1 aromatic rings. The average Bonchev–Trinajstić information content (AvgIpc) is 2.15. The summed E-state index contributed by atoms with van der Waals surface area (Å²) in [7, 11) is 0. The molecule has 0 spiro atoms. The van der Waals surface area contributed by atoms with Crippen LogP contribution in [-0.2, 0) is 0 Å². The van der Waals surface area contributed by atoms with Crippen molar-refractivity contribution >= 4 is 11.8 Å². The van der Waals surface area contributed by atoms with Gasteiger partial charge in [0.15, 0.2) is 0 Å². The van der Waals surface area contributed by atoms with E-state index in [1.807, 2.05) is 0 Å². The lowest BCUT2D eigenvalue weighted by Crippen LogP contribution is -1.92. The lowest BCUT2D eigenvalue weighted by Gasteiger charge is -1.96. The minimum atomic E-state index is -1.64. The number of allylic oxidation sites excluding steroid dienone is 1. The van der Waals surface area contributed by atoms with E-state index < -0.39 is 6.08 Å². The molecule has 0 saturated heterocycles. The Morgan fingerprint density at radius 3 is 2.86 bits per heavy atom. The summed E-state index contributed by atoms with van der Waals surface area (Å²) in [6.45, 7) is 1.79. The molecule has 0 aliphatic carbocycles. The highest BCUT2D eigenvalue weighted by atomic mass is 32.2. The first-order valence-corrected chi connectivity index (χ1v) is 4.97. The molecule has 0 N–H and O–H groups in total. The van der Waals surface area contributed by atoms with Crippen molar-refractivity contribution in [1.29, 1.82) is 0 Å². The van der Waals surface area contributed by atoms with Gasteiger partial charge < -0.3 is 0 Å². The standard InChI is InChI=1S/C8H9F2N3S/c1-6-5-11-8(13-12-6)14-4-2-3-7(9)10/h3,5H,2,4H2,1H3. The van der Waals surface area contributed by atoms with E-state index in [1.165, 1.54) is 11.8 Å². The van der Waals surface area contributed by atoms with Gasteiger partial charge in [-0.1, -0.05) is 11.8 Å². The fraction of sp³-hybridized carbons (Fsp3) is 0.375. The second-order valence-electron chi connectivity index (χ2n) is 2.51. The van der Waals surface area contributed by atoms with Crippen LogP contribution in [0.1, 0.15) is 12.1 Å². The van der Waals surface area contributed by atoms with Gasteiger partial charge in [0.2, 0.25) is 5.16 Å². The van der Waals surface area contributed by atoms with Crippen LogP contribution >= 0.6 is 11.8 Å². The van der Waals surface area contributed by atoms with E-state index in [9.17, 15) is 8.78 Å². The quantitative estimate of drug-likeness (QED) is 0.573. The van der Waals surface area contributed by atoms with Crippen LogP contribution in [0.2, 0.25) is 0 Å². The normalized spacial score (nSPS) is 9.93. The number of rotatable bonds is 4. The van der Waals surface area contributed by atoms with Gasteiger partial charge in [-0.25, -0.2) is 4.98 Å². The summed E-state index contributed by atoms with van der Waals surface area (Å²) >= 11 is 1.31. The Balaban J connectivity index is 2.32. The van der Waals surface area contributed by atoms with Crippen molar-refractivity contribution < 1.29 is 8.78 Å². The monoisotopic (exact) mass is 217 g/mol. The molecule has 1 rings (SSSR count). The van der Waals surface area contributed by atoms with Crippen LogP contribution in [0.3, 0.4) is 0 Å². The van der Waals surface area contributed by atoms with E-state index in [4.69, 9.17) is 0 Å². The summed E-state index contributed by atoms with van der Waals surface area (Å²) in [5, 5.41) is 8.10. The third-order valence-corrected chi connectivity index (χ3v) is 2.19. The molecular weight excluding hydrogens is 208 g/mol. The summed E-state index contributed by atoms with van der Waals surface area (Å²) in [6.07, 6.45) is 1.15. The fourth-order valence-corrected chi connectivity index (χ4v) is 1.35. The molecule has 1 aromatic heterocycles. The number of thioether (sulfide) groups is 1. The predicted octanol–water partition coefficient (Wildman–Crippen LogP) is 2.44. The van der Waals surface area contributed by atoms with Gasteiger partial charge in [0.25, 0.3) is 6.08 Å². The second kappa shape index (κ2) is 5.64. The molecule has 14 heavy (non-hydrogen) atoms. The van der Waals surface area contributed by atoms with E-state index >= 15 is 0 Å². The number of halogens is 2. The van der Waals surface area contributed by atoms with Crippen LogP contribution in [0.4, 0.5) is 8.78 Å². The summed E-state index contributed by atoms with van der Waals surface area (Å²) in [4.78, 5) is 3.98. The van der Waals surface area contributed by atoms with Crippen LogP contribution in [0.5, 0.6) is 0 Å². The first kappa shape index (κ1) is 11.0. The SMILES string of the molecule is Cc1cnc(SCCC=C(F)F)nn1. The Bertz CT molecular complexity index is 309. The third-order valence-electron chi connectivity index (χ3n) is 1.30. The van der Waals surface area contributed by atoms with E-state index in [2.05, 4.69) is 15.2 Å². The minimum Gasteiger partial charge on any atom is -0.228 e. The van der Waals surface area contributed by atoms with Crippen molar-refractivity contribution in [3.05, 3.63) is 24.0 Å². The molecule has 0 radical (unpaired) electrons. The molecule has 6 heteroatoms. The van der Waals surface area contributed by atoms with Crippen LogP contribution in [-0.4, -0.2) is 20.9 Å². The number of aromatic nitrogens is 3. The number of hydrogen-bond donors (Lipinski definition) is 0. The van der Waals surface area contributed by atoms with E-state index in [1.54, 1.807) is 13.1 Å². The molecule has 76 valence electrons. The number of aryl methyl sites for hydroxylation is 1. The largest absolute Gasteiger partial charge is 0.266 e. The van der Waals surface area contributed by atoms with E-state index in [-0.39, 0.29) is 0 Å². The molecule has 3 nitrogen and oxygen atoms in total. The van der Waals surface area contributed by atoms with Gasteiger partial charge in [0.05, 0.1) is 11.9 Å². The Morgan fingerprint density at radius 2 is 2.29 bits per heavy atom. The van der Waals surface area contributed by atoms with E-state index in [0.717, 1.165) is 11.8 Å². The zero-order chi connectivity index (χ0) is 10.4. The zero-order valence-electron chi connectivity index (χ0n) is 7.57. The molecular formula is C8H9F2N3S. The highest BCUT2D eigenvalue weighted by Crippen LogP contribution is 2.13. The van der Waals surface area contributed by atoms with E-state index in [0.29, 0.717) is 17.3 Å². The smallest absolute Gasteiger partial charge is 0.228 e. The zero-order valence-corrected chi connectivity index (χ0v) is 8.39. The fourth-order valence-electron chi connectivity index (χ4n) is 0.706. The van der Waals surface area contributed by atoms with Crippen LogP contribution in [0.25, 0.3) is 0 Å². The summed E-state index contributed by atoms with van der Waals surface area (Å²) in [5.74, 6) is 0.530. The lowest BCUT2D eigenvalue weighted by molar-refractivity contribution is 0.418. The molecule has 0 saturated carbocycles. The average molecular weight is 217 g/mol. The van der Waals surface area contributed by atoms with Crippen LogP contribution in [0.15, 0.2) is 23.5 Å². The molecule has 1 heterocycles. The van der Waals surface area contributed by atoms with Crippen molar-refractivity contribution in [3.63, 3.8) is 0 Å². The first-order chi connectivity index (χ1) is 6.68. The maximum Gasteiger partial charge on any atom is 0.266 e. The first-order valence-electron chi connectivity index (χ1n) is 3.99. The molecule has 0 aromatic carbocycles. The predicted molar refractivity (Wildman–Crippen MR) is 50.2 cm³/mol. The minimum absolute atomic E-state index is 0.310. The van der Waals surface area contributed by atoms with Crippen molar-refractivity contribution in [2.75, 3.05) is 5.75 Å². The molecule has 0 amide bonds. The summed E-state index contributed by atoms with van der Waals surface area (Å²) < 4.78 is 23.2. The van der Waals surface area contributed by atoms with Crippen LogP contribution in [0, 0.1) is 6.92 Å². The molecule has 0 aliphatic heterocycles. The van der Waals surface area contributed by atoms with Crippen molar-refractivity contribution in [2.24, 2.45) is 0 Å². The summed E-state index contributed by atoms with van der Waals surface area (Å²) in [6, 6.07) is 0. The van der Waals surface area contributed by atoms with Gasteiger partial charge in [-0.15, -0.1) is 5.10 Å². The van der Waals surface area contributed by atoms with Gasteiger partial charge in [0, 0.05) is 5.75 Å². The van der Waals surface area contributed by atoms with Crippen LogP contribution < -0.4 is 0 Å². The maximum absolute atomic E-state index is 11.6. The maximum atomic E-state index is 11.6. The number of nitrogens with zero attached hydrogens (tertiary/aromatic N) is 3. The molecule has 0 bridgehead atoms. The van der Waals surface area contributed by atoms with Gasteiger partial charge >= 0.3 is 0 Å². The molecule has 0 aliphatic rings. The van der Waals surface area contributed by atoms with Gasteiger partial charge in [-0.05, 0) is 19.4 Å². The molecule has 0 unspecified atom stereocenters. The summed E-state index contributed by atoms with van der Waals surface area (Å²) in [5.41, 5.74) is 0.740. The van der Waals surface area contributed by atoms with Crippen molar-refractivity contribution in [2.45, 2.75) is 18.5 Å². The van der Waals surface area contributed by atoms with Gasteiger partial charge in [-0.2, -0.15) is 13.9 Å². The lowest BCUT2D eigenvalue weighted by atomic mass is 10.5. The van der Waals surface area contributed by atoms with Gasteiger partial charge in [-0.3, -0.25) is 0 Å². The molecule has 0 atom stereocenters. The van der Waals surface area contributed by atoms with Crippen molar-refractivity contribution in [3.8, 4) is 0 Å². The Kier molecular flexibility index (Phi) is 4.45. The second-order valence-corrected chi connectivity index (χ2v) is 3.58. The molecule has 0 fully saturated rings. The Hall–Kier alpha value is -1.04. The topological polar surface area (TPSA) is 38.7 Å². The highest BCUT2D eigenvalue weighted by molar-refractivity contribution is 7.99. The Morgan fingerprint density at radius 1 is 1.50 bits per heavy atom. The Labute approximate surface area is 84.6 Å². The van der Waals surface area contributed by atoms with Crippen molar-refractivity contribution in [1.82, 2.24) is 15.2 Å².